The number of nitrogens with one attached hydrogen (secondary N) is 2. The van der Waals surface area contributed by atoms with Gasteiger partial charge in [0.2, 0.25) is 5.91 Å². The Balaban J connectivity index is 1.59. The van der Waals surface area contributed by atoms with Gasteiger partial charge in [-0.3, -0.25) is 4.79 Å². The number of hydrogen-bond donors (Lipinski definition) is 5. The highest BCUT2D eigenvalue weighted by molar-refractivity contribution is 5.88. The molecule has 33 heavy (non-hydrogen) atoms. The molecule has 13 heteroatoms. The lowest BCUT2D eigenvalue weighted by molar-refractivity contribution is -0.122. The highest BCUT2D eigenvalue weighted by atomic mass is 16.5. The Morgan fingerprint density at radius 3 is 2.58 bits per heavy atom. The van der Waals surface area contributed by atoms with Crippen molar-refractivity contribution in [2.75, 3.05) is 52.3 Å². The van der Waals surface area contributed by atoms with E-state index in [-0.39, 0.29) is 18.3 Å². The number of ether oxygens (including phenoxy) is 3. The van der Waals surface area contributed by atoms with Crippen LogP contribution in [0.25, 0.3) is 11.0 Å². The van der Waals surface area contributed by atoms with E-state index in [0.29, 0.717) is 56.1 Å². The Morgan fingerprint density at radius 2 is 1.91 bits per heavy atom. The summed E-state index contributed by atoms with van der Waals surface area (Å²) in [7, 11) is 1.86. The van der Waals surface area contributed by atoms with E-state index in [1.54, 1.807) is 0 Å². The molecule has 0 aromatic carbocycles. The fourth-order valence-electron chi connectivity index (χ4n) is 3.63. The largest absolute Gasteiger partial charge is 0.388 e. The molecular weight excluding hydrogens is 434 g/mol. The van der Waals surface area contributed by atoms with Gasteiger partial charge in [-0.2, -0.15) is 5.10 Å². The lowest BCUT2D eigenvalue weighted by Gasteiger charge is -2.12. The number of carbonyl (C=O) groups is 1. The van der Waals surface area contributed by atoms with Gasteiger partial charge in [-0.15, -0.1) is 0 Å². The molecule has 2 aromatic rings. The number of nitrogens with two attached hydrogens (primary N) is 1. The van der Waals surface area contributed by atoms with Crippen molar-refractivity contribution in [2.24, 2.45) is 0 Å². The summed E-state index contributed by atoms with van der Waals surface area (Å²) in [6.07, 6.45) is -1.84. The first-order valence-corrected chi connectivity index (χ1v) is 11.0. The number of nitrogens with zero attached hydrogens (tertiary/aromatic N) is 4. The van der Waals surface area contributed by atoms with Crippen LogP contribution in [-0.4, -0.2) is 101 Å². The van der Waals surface area contributed by atoms with E-state index in [4.69, 9.17) is 19.9 Å². The third-order valence-electron chi connectivity index (χ3n) is 5.34. The maximum absolute atomic E-state index is 12.5. The van der Waals surface area contributed by atoms with Crippen LogP contribution in [0.3, 0.4) is 0 Å². The van der Waals surface area contributed by atoms with Gasteiger partial charge in [-0.25, -0.2) is 14.6 Å². The third kappa shape index (κ3) is 6.13. The average molecular weight is 468 g/mol. The predicted molar refractivity (Wildman–Crippen MR) is 118 cm³/mol. The van der Waals surface area contributed by atoms with Crippen LogP contribution in [0.15, 0.2) is 6.33 Å². The summed E-state index contributed by atoms with van der Waals surface area (Å²) < 4.78 is 18.0. The smallest absolute Gasteiger partial charge is 0.241 e. The molecule has 0 radical (unpaired) electrons. The number of likely N-dealkylation sites (N-methyl/N-ethyl adjacent to an activating group) is 1. The fraction of sp³-hybridized carbons (Fsp3) is 0.700. The maximum atomic E-state index is 12.5. The molecular formula is C20H33N7O6. The summed E-state index contributed by atoms with van der Waals surface area (Å²) in [5, 5.41) is 30.9. The number of anilines is 1. The van der Waals surface area contributed by atoms with Crippen molar-refractivity contribution in [2.45, 2.75) is 44.3 Å². The Kier molecular flexibility index (Phi) is 9.29. The average Bonchev–Trinajstić information content (AvgIpc) is 3.30. The number of amides is 1. The summed E-state index contributed by atoms with van der Waals surface area (Å²) in [5.41, 5.74) is 7.06. The van der Waals surface area contributed by atoms with Crippen LogP contribution in [0, 0.1) is 0 Å². The van der Waals surface area contributed by atoms with E-state index in [9.17, 15) is 15.0 Å². The lowest BCUT2D eigenvalue weighted by Crippen LogP contribution is -2.31. The Morgan fingerprint density at radius 1 is 1.18 bits per heavy atom. The Bertz CT molecular complexity index is 910. The topological polar surface area (TPSA) is 179 Å². The van der Waals surface area contributed by atoms with E-state index in [0.717, 1.165) is 6.54 Å². The molecule has 1 fully saturated rings. The molecule has 184 valence electrons. The van der Waals surface area contributed by atoms with Gasteiger partial charge in [0, 0.05) is 13.1 Å². The number of nitrogen functional groups attached to an aromatic ring is 1. The van der Waals surface area contributed by atoms with Gasteiger partial charge >= 0.3 is 0 Å². The van der Waals surface area contributed by atoms with E-state index in [2.05, 4.69) is 25.7 Å². The first kappa shape index (κ1) is 25.2. The summed E-state index contributed by atoms with van der Waals surface area (Å²) in [4.78, 5) is 20.7. The number of carbonyl (C=O) groups excluding carboxylic acids is 1. The van der Waals surface area contributed by atoms with Crippen molar-refractivity contribution >= 4 is 22.8 Å². The van der Waals surface area contributed by atoms with Crippen LogP contribution in [0.2, 0.25) is 0 Å². The van der Waals surface area contributed by atoms with Gasteiger partial charge in [-0.1, -0.05) is 6.92 Å². The van der Waals surface area contributed by atoms with Crippen molar-refractivity contribution in [3.05, 3.63) is 12.0 Å². The summed E-state index contributed by atoms with van der Waals surface area (Å²) >= 11 is 0. The molecule has 3 rings (SSSR count). The van der Waals surface area contributed by atoms with Crippen LogP contribution < -0.4 is 16.4 Å². The van der Waals surface area contributed by atoms with Gasteiger partial charge in [0.25, 0.3) is 0 Å². The number of hydrogen-bond acceptors (Lipinski definition) is 11. The first-order chi connectivity index (χ1) is 16.0. The van der Waals surface area contributed by atoms with E-state index in [1.165, 1.54) is 11.0 Å². The second kappa shape index (κ2) is 12.2. The molecule has 0 spiro atoms. The minimum absolute atomic E-state index is 0.135. The molecule has 0 bridgehead atoms. The third-order valence-corrected chi connectivity index (χ3v) is 5.34. The van der Waals surface area contributed by atoms with Crippen molar-refractivity contribution in [1.82, 2.24) is 30.4 Å². The quantitative estimate of drug-likeness (QED) is 0.213. The lowest BCUT2D eigenvalue weighted by atomic mass is 10.0. The minimum Gasteiger partial charge on any atom is -0.388 e. The van der Waals surface area contributed by atoms with E-state index < -0.39 is 24.4 Å². The normalized spacial score (nSPS) is 22.8. The molecule has 4 unspecified atom stereocenters. The number of aliphatic hydroxyl groups excluding tert-OH is 2. The maximum Gasteiger partial charge on any atom is 0.241 e. The first-order valence-electron chi connectivity index (χ1n) is 11.0. The SMILES string of the molecule is CCC1OC(c2nn(CC(=O)NCCOCCOCCNC)c3c(N)ncnc23)C(O)C1O. The number of aromatic nitrogens is 4. The van der Waals surface area contributed by atoms with Gasteiger partial charge < -0.3 is 40.8 Å². The van der Waals surface area contributed by atoms with Gasteiger partial charge in [0.05, 0.1) is 32.5 Å². The molecule has 4 atom stereocenters. The van der Waals surface area contributed by atoms with Crippen LogP contribution in [-0.2, 0) is 25.5 Å². The highest BCUT2D eigenvalue weighted by Gasteiger charge is 2.44. The van der Waals surface area contributed by atoms with Gasteiger partial charge in [0.1, 0.15) is 47.9 Å². The van der Waals surface area contributed by atoms with Gasteiger partial charge in [-0.05, 0) is 13.5 Å². The van der Waals surface area contributed by atoms with E-state index >= 15 is 0 Å². The monoisotopic (exact) mass is 467 g/mol. The Labute approximate surface area is 191 Å². The van der Waals surface area contributed by atoms with Crippen molar-refractivity contribution in [3.8, 4) is 0 Å². The molecule has 1 aliphatic heterocycles. The molecule has 6 N–H and O–H groups in total. The number of fused-ring (bicyclic) bond motifs is 1. The highest BCUT2D eigenvalue weighted by Crippen LogP contribution is 2.37. The zero-order valence-electron chi connectivity index (χ0n) is 18.9. The van der Waals surface area contributed by atoms with Crippen LogP contribution >= 0.6 is 0 Å². The molecule has 3 heterocycles. The zero-order valence-corrected chi connectivity index (χ0v) is 18.9. The summed E-state index contributed by atoms with van der Waals surface area (Å²) in [5.74, 6) is -0.157. The second-order valence-electron chi connectivity index (χ2n) is 7.66. The Hall–Kier alpha value is -2.42. The second-order valence-corrected chi connectivity index (χ2v) is 7.66. The number of rotatable bonds is 13. The summed E-state index contributed by atoms with van der Waals surface area (Å²) in [6.45, 7) is 4.70. The van der Waals surface area contributed by atoms with Crippen LogP contribution in [0.4, 0.5) is 5.82 Å². The molecule has 0 aliphatic carbocycles. The number of aliphatic hydroxyl groups is 2. The van der Waals surface area contributed by atoms with Crippen molar-refractivity contribution < 1.29 is 29.2 Å². The summed E-state index contributed by atoms with van der Waals surface area (Å²) in [6, 6.07) is 0. The molecule has 2 aromatic heterocycles. The predicted octanol–water partition coefficient (Wildman–Crippen LogP) is -1.65. The minimum atomic E-state index is -1.18. The standard InChI is InChI=1S/C20H33N7O6/c1-3-12-17(29)18(30)19(33-12)15-14-16(20(21)25-11-24-14)27(26-15)10-13(28)23-5-7-32-9-8-31-6-4-22-2/h11-12,17-19,22,29-30H,3-10H2,1-2H3,(H,23,28)(H2,21,24,25). The molecule has 1 aliphatic rings. The van der Waals surface area contributed by atoms with Crippen LogP contribution in [0.1, 0.15) is 25.1 Å². The molecule has 1 saturated heterocycles. The molecule has 0 saturated carbocycles. The van der Waals surface area contributed by atoms with Crippen molar-refractivity contribution in [1.29, 1.82) is 0 Å². The molecule has 13 nitrogen and oxygen atoms in total. The fourth-order valence-corrected chi connectivity index (χ4v) is 3.63. The van der Waals surface area contributed by atoms with Crippen LogP contribution in [0.5, 0.6) is 0 Å². The van der Waals surface area contributed by atoms with Gasteiger partial charge in [0.15, 0.2) is 5.82 Å². The zero-order chi connectivity index (χ0) is 23.8. The molecule has 1 amide bonds. The van der Waals surface area contributed by atoms with Crippen molar-refractivity contribution in [3.63, 3.8) is 0 Å². The van der Waals surface area contributed by atoms with E-state index in [1.807, 2.05) is 14.0 Å².